The molecule has 4 heteroatoms. The third-order valence-corrected chi connectivity index (χ3v) is 3.38. The average Bonchev–Trinajstić information content (AvgIpc) is 2.80. The van der Waals surface area contributed by atoms with Crippen molar-refractivity contribution in [2.24, 2.45) is 0 Å². The Labute approximate surface area is 114 Å². The molecule has 2 N–H and O–H groups in total. The molecule has 0 aliphatic heterocycles. The molecule has 1 atom stereocenters. The zero-order valence-electron chi connectivity index (χ0n) is 12.1. The van der Waals surface area contributed by atoms with Crippen LogP contribution in [-0.2, 0) is 6.42 Å². The first kappa shape index (κ1) is 13.7. The molecule has 0 aromatic carbocycles. The fraction of sp³-hybridized carbons (Fsp3) is 0.467. The second kappa shape index (κ2) is 5.97. The summed E-state index contributed by atoms with van der Waals surface area (Å²) in [7, 11) is 0. The van der Waals surface area contributed by atoms with Gasteiger partial charge in [-0.25, -0.2) is 4.98 Å². The lowest BCUT2D eigenvalue weighted by Crippen LogP contribution is -2.23. The van der Waals surface area contributed by atoms with Crippen LogP contribution in [0.4, 0.5) is 0 Å². The Bertz CT molecular complexity index is 508. The molecular weight excluding hydrogens is 236 g/mol. The summed E-state index contributed by atoms with van der Waals surface area (Å²) in [5, 5.41) is 3.54. The minimum Gasteiger partial charge on any atom is -0.349 e. The highest BCUT2D eigenvalue weighted by Crippen LogP contribution is 2.20. The van der Waals surface area contributed by atoms with Crippen LogP contribution >= 0.6 is 0 Å². The Morgan fingerprint density at radius 3 is 2.74 bits per heavy atom. The molecule has 0 bridgehead atoms. The molecule has 2 aromatic heterocycles. The molecule has 2 aromatic rings. The number of nitrogens with zero attached hydrogens (tertiary/aromatic N) is 2. The van der Waals surface area contributed by atoms with E-state index in [1.54, 1.807) is 6.20 Å². The van der Waals surface area contributed by atoms with E-state index >= 15 is 0 Å². The van der Waals surface area contributed by atoms with Gasteiger partial charge in [0.05, 0.1) is 0 Å². The number of nitrogens with one attached hydrogen (secondary N) is 2. The van der Waals surface area contributed by atoms with Crippen molar-refractivity contribution in [3.05, 3.63) is 46.8 Å². The quantitative estimate of drug-likeness (QED) is 0.867. The van der Waals surface area contributed by atoms with Crippen LogP contribution in [0.2, 0.25) is 0 Å². The zero-order chi connectivity index (χ0) is 13.8. The fourth-order valence-electron chi connectivity index (χ4n) is 2.63. The van der Waals surface area contributed by atoms with E-state index < -0.39 is 0 Å². The van der Waals surface area contributed by atoms with Crippen LogP contribution in [0.1, 0.15) is 41.3 Å². The smallest absolute Gasteiger partial charge is 0.107 e. The summed E-state index contributed by atoms with van der Waals surface area (Å²) in [5.41, 5.74) is 4.82. The molecule has 19 heavy (non-hydrogen) atoms. The van der Waals surface area contributed by atoms with Crippen molar-refractivity contribution in [1.29, 1.82) is 0 Å². The maximum atomic E-state index is 4.55. The molecule has 1 unspecified atom stereocenters. The van der Waals surface area contributed by atoms with Gasteiger partial charge in [0.25, 0.3) is 0 Å². The normalized spacial score (nSPS) is 12.6. The number of rotatable bonds is 5. The largest absolute Gasteiger partial charge is 0.349 e. The first-order valence-corrected chi connectivity index (χ1v) is 6.74. The molecule has 0 radical (unpaired) electrons. The van der Waals surface area contributed by atoms with Gasteiger partial charge in [-0.3, -0.25) is 4.98 Å². The van der Waals surface area contributed by atoms with Gasteiger partial charge in [-0.1, -0.05) is 0 Å². The molecule has 0 saturated heterocycles. The van der Waals surface area contributed by atoms with Gasteiger partial charge >= 0.3 is 0 Å². The predicted molar refractivity (Wildman–Crippen MR) is 77.2 cm³/mol. The minimum absolute atomic E-state index is 0.308. The van der Waals surface area contributed by atoms with Crippen LogP contribution in [-0.4, -0.2) is 21.5 Å². The number of pyridine rings is 1. The molecule has 2 heterocycles. The number of aryl methyl sites for hydroxylation is 3. The van der Waals surface area contributed by atoms with Crippen molar-refractivity contribution >= 4 is 0 Å². The lowest BCUT2D eigenvalue weighted by Gasteiger charge is -2.19. The summed E-state index contributed by atoms with van der Waals surface area (Å²) < 4.78 is 0. The SMILES string of the molecule is Cc1cc(C)c(C(C)NCCc2ncc[nH]2)c(C)n1. The lowest BCUT2D eigenvalue weighted by atomic mass is 10.0. The van der Waals surface area contributed by atoms with Gasteiger partial charge in [0.2, 0.25) is 0 Å². The van der Waals surface area contributed by atoms with Crippen LogP contribution < -0.4 is 5.32 Å². The number of H-pyrrole nitrogens is 1. The summed E-state index contributed by atoms with van der Waals surface area (Å²) >= 11 is 0. The number of aromatic amines is 1. The summed E-state index contributed by atoms with van der Waals surface area (Å²) in [6, 6.07) is 2.45. The molecule has 0 spiro atoms. The Morgan fingerprint density at radius 2 is 2.11 bits per heavy atom. The third-order valence-electron chi connectivity index (χ3n) is 3.38. The van der Waals surface area contributed by atoms with Gasteiger partial charge < -0.3 is 10.3 Å². The maximum absolute atomic E-state index is 4.55. The standard InChI is InChI=1S/C15H22N4/c1-10-9-11(2)19-13(4)15(10)12(3)16-6-5-14-17-7-8-18-14/h7-9,12,16H,5-6H2,1-4H3,(H,17,18). The Balaban J connectivity index is 1.98. The molecule has 2 rings (SSSR count). The van der Waals surface area contributed by atoms with E-state index in [4.69, 9.17) is 0 Å². The number of aromatic nitrogens is 3. The van der Waals surface area contributed by atoms with Crippen molar-refractivity contribution in [2.75, 3.05) is 6.54 Å². The molecule has 0 saturated carbocycles. The first-order valence-electron chi connectivity index (χ1n) is 6.74. The average molecular weight is 258 g/mol. The number of hydrogen-bond acceptors (Lipinski definition) is 3. The van der Waals surface area contributed by atoms with Crippen molar-refractivity contribution < 1.29 is 0 Å². The van der Waals surface area contributed by atoms with Crippen molar-refractivity contribution in [2.45, 2.75) is 40.2 Å². The highest BCUT2D eigenvalue weighted by atomic mass is 14.9. The molecule has 4 nitrogen and oxygen atoms in total. The van der Waals surface area contributed by atoms with E-state index in [0.29, 0.717) is 6.04 Å². The van der Waals surface area contributed by atoms with Crippen LogP contribution in [0.15, 0.2) is 18.5 Å². The monoisotopic (exact) mass is 258 g/mol. The van der Waals surface area contributed by atoms with Gasteiger partial charge in [0, 0.05) is 42.8 Å². The number of imidazole rings is 1. The second-order valence-electron chi connectivity index (χ2n) is 5.04. The maximum Gasteiger partial charge on any atom is 0.107 e. The van der Waals surface area contributed by atoms with Gasteiger partial charge in [-0.2, -0.15) is 0 Å². The van der Waals surface area contributed by atoms with Gasteiger partial charge in [-0.05, 0) is 44.9 Å². The van der Waals surface area contributed by atoms with Gasteiger partial charge in [0.1, 0.15) is 5.82 Å². The predicted octanol–water partition coefficient (Wildman–Crippen LogP) is 2.62. The molecule has 0 aliphatic rings. The third kappa shape index (κ3) is 3.41. The molecule has 0 fully saturated rings. The van der Waals surface area contributed by atoms with Crippen LogP contribution in [0.3, 0.4) is 0 Å². The molecule has 102 valence electrons. The summed E-state index contributed by atoms with van der Waals surface area (Å²) in [6.07, 6.45) is 4.56. The molecule has 0 amide bonds. The van der Waals surface area contributed by atoms with E-state index in [1.807, 2.05) is 13.1 Å². The van der Waals surface area contributed by atoms with Crippen molar-refractivity contribution in [3.8, 4) is 0 Å². The van der Waals surface area contributed by atoms with Gasteiger partial charge in [0.15, 0.2) is 0 Å². The lowest BCUT2D eigenvalue weighted by molar-refractivity contribution is 0.564. The van der Waals surface area contributed by atoms with E-state index in [9.17, 15) is 0 Å². The van der Waals surface area contributed by atoms with E-state index in [-0.39, 0.29) is 0 Å². The summed E-state index contributed by atoms with van der Waals surface area (Å²) in [6.45, 7) is 9.37. The Kier molecular flexibility index (Phi) is 4.32. The topological polar surface area (TPSA) is 53.6 Å². The van der Waals surface area contributed by atoms with Crippen LogP contribution in [0.5, 0.6) is 0 Å². The first-order chi connectivity index (χ1) is 9.08. The Hall–Kier alpha value is -1.68. The second-order valence-corrected chi connectivity index (χ2v) is 5.04. The highest BCUT2D eigenvalue weighted by molar-refractivity contribution is 5.33. The molecule has 0 aliphatic carbocycles. The summed E-state index contributed by atoms with van der Waals surface area (Å²) in [5.74, 6) is 1.02. The van der Waals surface area contributed by atoms with Crippen molar-refractivity contribution in [3.63, 3.8) is 0 Å². The van der Waals surface area contributed by atoms with Gasteiger partial charge in [-0.15, -0.1) is 0 Å². The van der Waals surface area contributed by atoms with E-state index in [0.717, 1.165) is 30.2 Å². The number of hydrogen-bond donors (Lipinski definition) is 2. The fourth-order valence-corrected chi connectivity index (χ4v) is 2.63. The van der Waals surface area contributed by atoms with Crippen LogP contribution in [0.25, 0.3) is 0 Å². The summed E-state index contributed by atoms with van der Waals surface area (Å²) in [4.78, 5) is 11.9. The Morgan fingerprint density at radius 1 is 1.32 bits per heavy atom. The van der Waals surface area contributed by atoms with Crippen molar-refractivity contribution in [1.82, 2.24) is 20.3 Å². The van der Waals surface area contributed by atoms with Crippen LogP contribution in [0, 0.1) is 20.8 Å². The molecular formula is C15H22N4. The minimum atomic E-state index is 0.308. The van der Waals surface area contributed by atoms with E-state index in [2.05, 4.69) is 47.1 Å². The van der Waals surface area contributed by atoms with E-state index in [1.165, 1.54) is 11.1 Å². The zero-order valence-corrected chi connectivity index (χ0v) is 12.1. The highest BCUT2D eigenvalue weighted by Gasteiger charge is 2.12.